The van der Waals surface area contributed by atoms with E-state index >= 15 is 0 Å². The lowest BCUT2D eigenvalue weighted by molar-refractivity contribution is -0.152. The molecule has 1 fully saturated rings. The number of amides is 2. The largest absolute Gasteiger partial charge is 0.481 e. The molecule has 0 atom stereocenters. The van der Waals surface area contributed by atoms with Gasteiger partial charge in [-0.15, -0.1) is 0 Å². The highest BCUT2D eigenvalue weighted by atomic mass is 16.4. The SMILES string of the molecule is CC(=O)Nc1ccc(CC(=O)N2CC(C(=O)O)C2)cc1. The number of carbonyl (C=O) groups is 3. The van der Waals surface area contributed by atoms with E-state index in [0.29, 0.717) is 5.69 Å². The van der Waals surface area contributed by atoms with Gasteiger partial charge in [-0.05, 0) is 17.7 Å². The van der Waals surface area contributed by atoms with Crippen molar-refractivity contribution < 1.29 is 19.5 Å². The van der Waals surface area contributed by atoms with Gasteiger partial charge in [0.1, 0.15) is 0 Å². The summed E-state index contributed by atoms with van der Waals surface area (Å²) in [6.07, 6.45) is 0.243. The molecule has 0 radical (unpaired) electrons. The third kappa shape index (κ3) is 3.34. The van der Waals surface area contributed by atoms with Gasteiger partial charge in [-0.25, -0.2) is 0 Å². The Balaban J connectivity index is 1.86. The Bertz CT molecular complexity index is 533. The molecule has 6 nitrogen and oxygen atoms in total. The van der Waals surface area contributed by atoms with Crippen LogP contribution < -0.4 is 5.32 Å². The van der Waals surface area contributed by atoms with Crippen molar-refractivity contribution in [3.63, 3.8) is 0 Å². The lowest BCUT2D eigenvalue weighted by Gasteiger charge is -2.36. The number of nitrogens with zero attached hydrogens (tertiary/aromatic N) is 1. The highest BCUT2D eigenvalue weighted by molar-refractivity contribution is 5.88. The van der Waals surface area contributed by atoms with Crippen molar-refractivity contribution in [1.82, 2.24) is 4.90 Å². The summed E-state index contributed by atoms with van der Waals surface area (Å²) in [6.45, 7) is 2.01. The lowest BCUT2D eigenvalue weighted by Crippen LogP contribution is -2.53. The van der Waals surface area contributed by atoms with Crippen molar-refractivity contribution >= 4 is 23.5 Å². The molecule has 1 aromatic carbocycles. The van der Waals surface area contributed by atoms with Crippen LogP contribution in [0.3, 0.4) is 0 Å². The van der Waals surface area contributed by atoms with Gasteiger partial charge in [0.15, 0.2) is 0 Å². The zero-order valence-corrected chi connectivity index (χ0v) is 11.1. The van der Waals surface area contributed by atoms with Gasteiger partial charge in [0, 0.05) is 25.7 Å². The number of carboxylic acid groups (broad SMARTS) is 1. The minimum atomic E-state index is -0.853. The number of likely N-dealkylation sites (tertiary alicyclic amines) is 1. The maximum absolute atomic E-state index is 11.9. The maximum Gasteiger partial charge on any atom is 0.310 e. The van der Waals surface area contributed by atoms with E-state index in [1.807, 2.05) is 0 Å². The van der Waals surface area contributed by atoms with Crippen LogP contribution in [0.25, 0.3) is 0 Å². The number of hydrogen-bond donors (Lipinski definition) is 2. The molecule has 1 saturated heterocycles. The monoisotopic (exact) mass is 276 g/mol. The van der Waals surface area contributed by atoms with Crippen LogP contribution in [-0.2, 0) is 20.8 Å². The first-order valence-electron chi connectivity index (χ1n) is 6.33. The predicted molar refractivity (Wildman–Crippen MR) is 72.2 cm³/mol. The molecule has 1 heterocycles. The molecule has 6 heteroatoms. The fourth-order valence-corrected chi connectivity index (χ4v) is 2.03. The highest BCUT2D eigenvalue weighted by Crippen LogP contribution is 2.18. The number of benzene rings is 1. The second-order valence-corrected chi connectivity index (χ2v) is 4.89. The van der Waals surface area contributed by atoms with Gasteiger partial charge in [-0.3, -0.25) is 14.4 Å². The smallest absolute Gasteiger partial charge is 0.310 e. The number of carbonyl (C=O) groups excluding carboxylic acids is 2. The van der Waals surface area contributed by atoms with Crippen molar-refractivity contribution in [3.05, 3.63) is 29.8 Å². The van der Waals surface area contributed by atoms with Crippen LogP contribution in [0.2, 0.25) is 0 Å². The molecule has 0 aliphatic carbocycles. The molecule has 0 aromatic heterocycles. The van der Waals surface area contributed by atoms with Gasteiger partial charge in [-0.2, -0.15) is 0 Å². The van der Waals surface area contributed by atoms with Crippen LogP contribution in [-0.4, -0.2) is 40.9 Å². The summed E-state index contributed by atoms with van der Waals surface area (Å²) in [6, 6.07) is 7.02. The first kappa shape index (κ1) is 14.0. The van der Waals surface area contributed by atoms with E-state index in [2.05, 4.69) is 5.32 Å². The topological polar surface area (TPSA) is 86.7 Å². The van der Waals surface area contributed by atoms with E-state index in [0.717, 1.165) is 5.56 Å². The summed E-state index contributed by atoms with van der Waals surface area (Å²) in [4.78, 5) is 35.0. The van der Waals surface area contributed by atoms with Crippen LogP contribution in [0.5, 0.6) is 0 Å². The first-order valence-corrected chi connectivity index (χ1v) is 6.33. The Morgan fingerprint density at radius 3 is 2.35 bits per heavy atom. The van der Waals surface area contributed by atoms with Gasteiger partial charge < -0.3 is 15.3 Å². The number of carboxylic acids is 1. The summed E-state index contributed by atoms with van der Waals surface area (Å²) in [5.74, 6) is -1.50. The summed E-state index contributed by atoms with van der Waals surface area (Å²) in [5.41, 5.74) is 1.52. The van der Waals surface area contributed by atoms with Crippen molar-refractivity contribution in [3.8, 4) is 0 Å². The van der Waals surface area contributed by atoms with Gasteiger partial charge in [-0.1, -0.05) is 12.1 Å². The van der Waals surface area contributed by atoms with Crippen LogP contribution in [0.4, 0.5) is 5.69 Å². The van der Waals surface area contributed by atoms with E-state index < -0.39 is 11.9 Å². The van der Waals surface area contributed by atoms with Crippen molar-refractivity contribution in [1.29, 1.82) is 0 Å². The Kier molecular flexibility index (Phi) is 4.02. The average molecular weight is 276 g/mol. The fourth-order valence-electron chi connectivity index (χ4n) is 2.03. The third-order valence-electron chi connectivity index (χ3n) is 3.21. The molecule has 0 bridgehead atoms. The van der Waals surface area contributed by atoms with Gasteiger partial charge in [0.05, 0.1) is 12.3 Å². The number of anilines is 1. The van der Waals surface area contributed by atoms with Crippen LogP contribution in [0.1, 0.15) is 12.5 Å². The zero-order valence-electron chi connectivity index (χ0n) is 11.1. The molecular weight excluding hydrogens is 260 g/mol. The molecule has 0 spiro atoms. The average Bonchev–Trinajstić information content (AvgIpc) is 2.28. The number of hydrogen-bond acceptors (Lipinski definition) is 3. The van der Waals surface area contributed by atoms with E-state index in [1.54, 1.807) is 29.2 Å². The second-order valence-electron chi connectivity index (χ2n) is 4.89. The lowest BCUT2D eigenvalue weighted by atomic mass is 9.99. The normalized spacial score (nSPS) is 14.6. The number of aliphatic carboxylic acids is 1. The minimum absolute atomic E-state index is 0.0743. The van der Waals surface area contributed by atoms with Crippen molar-refractivity contribution in [2.75, 3.05) is 18.4 Å². The predicted octanol–water partition coefficient (Wildman–Crippen LogP) is 0.730. The van der Waals surface area contributed by atoms with Gasteiger partial charge in [0.25, 0.3) is 0 Å². The Labute approximate surface area is 116 Å². The molecule has 2 amide bonds. The molecule has 1 aliphatic rings. The van der Waals surface area contributed by atoms with Crippen molar-refractivity contribution in [2.24, 2.45) is 5.92 Å². The minimum Gasteiger partial charge on any atom is -0.481 e. The molecule has 2 N–H and O–H groups in total. The molecule has 2 rings (SSSR count). The Hall–Kier alpha value is -2.37. The standard InChI is InChI=1S/C14H16N2O4/c1-9(17)15-12-4-2-10(3-5-12)6-13(18)16-7-11(8-16)14(19)20/h2-5,11H,6-8H2,1H3,(H,15,17)(H,19,20). The quantitative estimate of drug-likeness (QED) is 0.848. The Morgan fingerprint density at radius 2 is 1.85 bits per heavy atom. The number of nitrogens with one attached hydrogen (secondary N) is 1. The molecule has 106 valence electrons. The van der Waals surface area contributed by atoms with Crippen molar-refractivity contribution in [2.45, 2.75) is 13.3 Å². The maximum atomic E-state index is 11.9. The Morgan fingerprint density at radius 1 is 1.25 bits per heavy atom. The molecule has 1 aromatic rings. The van der Waals surface area contributed by atoms with E-state index in [4.69, 9.17) is 5.11 Å². The molecule has 0 saturated carbocycles. The summed E-state index contributed by atoms with van der Waals surface area (Å²) >= 11 is 0. The summed E-state index contributed by atoms with van der Waals surface area (Å²) in [7, 11) is 0. The van der Waals surface area contributed by atoms with Gasteiger partial charge >= 0.3 is 5.97 Å². The first-order chi connectivity index (χ1) is 9.45. The molecule has 1 aliphatic heterocycles. The highest BCUT2D eigenvalue weighted by Gasteiger charge is 2.35. The van der Waals surface area contributed by atoms with E-state index in [1.165, 1.54) is 6.92 Å². The molecular formula is C14H16N2O4. The zero-order chi connectivity index (χ0) is 14.7. The summed E-state index contributed by atoms with van der Waals surface area (Å²) in [5, 5.41) is 11.4. The molecule has 0 unspecified atom stereocenters. The van der Waals surface area contributed by atoms with Crippen LogP contribution in [0, 0.1) is 5.92 Å². The fraction of sp³-hybridized carbons (Fsp3) is 0.357. The van der Waals surface area contributed by atoms with Crippen LogP contribution in [0.15, 0.2) is 24.3 Å². The van der Waals surface area contributed by atoms with Gasteiger partial charge in [0.2, 0.25) is 11.8 Å². The third-order valence-corrected chi connectivity index (χ3v) is 3.21. The van der Waals surface area contributed by atoms with E-state index in [-0.39, 0.29) is 31.3 Å². The number of rotatable bonds is 4. The summed E-state index contributed by atoms with van der Waals surface area (Å²) < 4.78 is 0. The molecule has 20 heavy (non-hydrogen) atoms. The van der Waals surface area contributed by atoms with Crippen LogP contribution >= 0.6 is 0 Å². The second kappa shape index (κ2) is 5.73. The van der Waals surface area contributed by atoms with E-state index in [9.17, 15) is 14.4 Å².